The van der Waals surface area contributed by atoms with E-state index < -0.39 is 85.9 Å². The highest BCUT2D eigenvalue weighted by molar-refractivity contribution is 7.48. The van der Waals surface area contributed by atoms with Crippen LogP contribution in [0.15, 0.2) is 46.1 Å². The van der Waals surface area contributed by atoms with Crippen LogP contribution in [0.4, 0.5) is 0 Å². The minimum atomic E-state index is -4.24. The molecule has 7 rings (SSSR count). The normalized spacial score (nSPS) is 41.4. The molecule has 0 amide bonds. The Hall–Kier alpha value is -2.23. The summed E-state index contributed by atoms with van der Waals surface area (Å²) in [5.74, 6) is -1.91. The van der Waals surface area contributed by atoms with E-state index in [1.807, 2.05) is 30.3 Å². The first kappa shape index (κ1) is 28.5. The molecule has 5 aliphatic heterocycles. The first-order valence-corrected chi connectivity index (χ1v) is 15.3. The molecular weight excluding hydrogens is 575 g/mol. The van der Waals surface area contributed by atoms with Crippen molar-refractivity contribution >= 4 is 7.82 Å². The van der Waals surface area contributed by atoms with Crippen molar-refractivity contribution in [2.75, 3.05) is 6.61 Å². The van der Waals surface area contributed by atoms with Crippen molar-refractivity contribution in [2.24, 2.45) is 0 Å². The summed E-state index contributed by atoms with van der Waals surface area (Å²) >= 11 is 0. The molecule has 0 spiro atoms. The summed E-state index contributed by atoms with van der Waals surface area (Å²) in [6.07, 6.45) is -5.44. The van der Waals surface area contributed by atoms with Gasteiger partial charge in [-0.3, -0.25) is 27.9 Å². The Morgan fingerprint density at radius 2 is 1.57 bits per heavy atom. The molecular formula is C27H33N2O12P. The lowest BCUT2D eigenvalue weighted by atomic mass is 9.99. The van der Waals surface area contributed by atoms with Crippen LogP contribution in [0.1, 0.15) is 51.2 Å². The van der Waals surface area contributed by atoms with Crippen LogP contribution < -0.4 is 11.2 Å². The highest BCUT2D eigenvalue weighted by Crippen LogP contribution is 2.63. The number of aryl methyl sites for hydroxylation is 1. The lowest BCUT2D eigenvalue weighted by Gasteiger charge is -2.38. The smallest absolute Gasteiger partial charge is 0.346 e. The summed E-state index contributed by atoms with van der Waals surface area (Å²) in [5.41, 5.74) is -0.118. The van der Waals surface area contributed by atoms with Crippen LogP contribution in [0.3, 0.4) is 0 Å². The van der Waals surface area contributed by atoms with E-state index in [-0.39, 0.29) is 6.61 Å². The number of benzene rings is 1. The molecule has 14 nitrogen and oxygen atoms in total. The molecule has 0 aliphatic carbocycles. The summed E-state index contributed by atoms with van der Waals surface area (Å²) in [4.78, 5) is 26.9. The number of hydrogen-bond acceptors (Lipinski definition) is 12. The average Bonchev–Trinajstić information content (AvgIpc) is 3.61. The van der Waals surface area contributed by atoms with Crippen LogP contribution in [0.2, 0.25) is 0 Å². The Labute approximate surface area is 240 Å². The maximum absolute atomic E-state index is 14.1. The number of nitrogens with zero attached hydrogens (tertiary/aromatic N) is 1. The molecule has 5 aliphatic rings. The Bertz CT molecular complexity index is 1520. The van der Waals surface area contributed by atoms with E-state index >= 15 is 0 Å². The maximum atomic E-state index is 14.1. The highest BCUT2D eigenvalue weighted by Gasteiger charge is 2.63. The van der Waals surface area contributed by atoms with Gasteiger partial charge >= 0.3 is 13.5 Å². The van der Waals surface area contributed by atoms with Gasteiger partial charge in [-0.1, -0.05) is 30.3 Å². The first-order valence-electron chi connectivity index (χ1n) is 13.8. The Morgan fingerprint density at radius 3 is 2.33 bits per heavy atom. The van der Waals surface area contributed by atoms with Crippen LogP contribution in [0.25, 0.3) is 0 Å². The molecule has 15 heteroatoms. The van der Waals surface area contributed by atoms with Crippen molar-refractivity contribution in [3.63, 3.8) is 0 Å². The number of H-pyrrole nitrogens is 1. The molecule has 42 heavy (non-hydrogen) atoms. The van der Waals surface area contributed by atoms with Crippen molar-refractivity contribution in [3.8, 4) is 0 Å². The lowest BCUT2D eigenvalue weighted by Crippen LogP contribution is -2.43. The fourth-order valence-electron chi connectivity index (χ4n) is 6.15. The van der Waals surface area contributed by atoms with Crippen molar-refractivity contribution in [3.05, 3.63) is 68.5 Å². The zero-order valence-corrected chi connectivity index (χ0v) is 24.6. The second-order valence-electron chi connectivity index (χ2n) is 11.9. The van der Waals surface area contributed by atoms with E-state index in [0.717, 1.165) is 5.56 Å². The molecule has 5 saturated heterocycles. The number of hydrogen-bond donors (Lipinski definition) is 1. The van der Waals surface area contributed by atoms with E-state index in [1.165, 1.54) is 10.8 Å². The van der Waals surface area contributed by atoms with E-state index in [9.17, 15) is 14.2 Å². The molecule has 1 N–H and O–H groups in total. The molecule has 0 unspecified atom stereocenters. The minimum absolute atomic E-state index is 0.276. The van der Waals surface area contributed by atoms with Crippen LogP contribution in [-0.2, 0) is 46.6 Å². The molecule has 5 fully saturated rings. The van der Waals surface area contributed by atoms with E-state index in [1.54, 1.807) is 34.6 Å². The van der Waals surface area contributed by atoms with Gasteiger partial charge in [0.1, 0.15) is 42.7 Å². The number of fused-ring (bicyclic) bond motifs is 4. The molecule has 2 aromatic rings. The molecule has 10 atom stereocenters. The van der Waals surface area contributed by atoms with E-state index in [4.69, 9.17) is 42.0 Å². The van der Waals surface area contributed by atoms with Crippen molar-refractivity contribution in [1.29, 1.82) is 0 Å². The Balaban J connectivity index is 1.15. The highest BCUT2D eigenvalue weighted by atomic mass is 31.2. The molecule has 0 bridgehead atoms. The van der Waals surface area contributed by atoms with Crippen molar-refractivity contribution in [2.45, 2.75) is 101 Å². The van der Waals surface area contributed by atoms with Gasteiger partial charge in [0.05, 0.1) is 6.61 Å². The van der Waals surface area contributed by atoms with Crippen molar-refractivity contribution in [1.82, 2.24) is 9.55 Å². The van der Waals surface area contributed by atoms with Gasteiger partial charge in [0.15, 0.2) is 24.1 Å². The fraction of sp³-hybridized carbons (Fsp3) is 0.630. The number of aromatic nitrogens is 2. The predicted octanol–water partition coefficient (Wildman–Crippen LogP) is 2.42. The standard InChI is InChI=1S/C27H33N2O12P/c1-13-11-29(25(31)28-22(13)30)23-20-17(36-26(2,3)37-20)15(34-23)12-33-42(32)40-16(14-9-7-6-8-10-14)18-19(41-42)21-24(35-18)39-27(4,5)38-21/h6-11,15-21,23-24H,12H2,1-5H3,(H,28,30,31)/t15-,16-,17-,18-,19+,20-,21-,23-,24-,42+/m1/s1. The largest absolute Gasteiger partial charge is 0.476 e. The summed E-state index contributed by atoms with van der Waals surface area (Å²) in [6.45, 7) is 8.31. The third-order valence-electron chi connectivity index (χ3n) is 7.89. The van der Waals surface area contributed by atoms with Gasteiger partial charge < -0.3 is 28.4 Å². The first-order chi connectivity index (χ1) is 19.8. The Morgan fingerprint density at radius 1 is 0.881 bits per heavy atom. The molecule has 228 valence electrons. The number of aromatic amines is 1. The summed E-state index contributed by atoms with van der Waals surface area (Å²) < 4.78 is 69.7. The SMILES string of the molecule is Cc1cn([C@@H]2O[C@H](CO[P@]3(=O)O[C@@H]4[C@H]5OC(C)(C)O[C@H]5O[C@@H]4[C@@H](c4ccccc4)O3)[C@H]3OC(C)(C)O[C@H]32)c(=O)[nH]c1=O. The molecule has 1 aromatic heterocycles. The van der Waals surface area contributed by atoms with Crippen LogP contribution in [-0.4, -0.2) is 70.6 Å². The monoisotopic (exact) mass is 608 g/mol. The third kappa shape index (κ3) is 4.93. The second-order valence-corrected chi connectivity index (χ2v) is 13.5. The Kier molecular flexibility index (Phi) is 6.72. The van der Waals surface area contributed by atoms with Gasteiger partial charge in [-0.25, -0.2) is 9.36 Å². The van der Waals surface area contributed by atoms with Gasteiger partial charge in [-0.05, 0) is 40.2 Å². The maximum Gasteiger partial charge on any atom is 0.476 e. The second kappa shape index (κ2) is 9.89. The van der Waals surface area contributed by atoms with Crippen LogP contribution in [0, 0.1) is 6.92 Å². The number of ether oxygens (including phenoxy) is 6. The summed E-state index contributed by atoms with van der Waals surface area (Å²) in [7, 11) is -4.24. The number of phosphoric acid groups is 1. The minimum Gasteiger partial charge on any atom is -0.346 e. The molecule has 0 saturated carbocycles. The lowest BCUT2D eigenvalue weighted by molar-refractivity contribution is -0.232. The number of phosphoric ester groups is 1. The van der Waals surface area contributed by atoms with Crippen LogP contribution in [0.5, 0.6) is 0 Å². The zero-order chi connectivity index (χ0) is 29.6. The van der Waals surface area contributed by atoms with Gasteiger partial charge in [0, 0.05) is 11.8 Å². The zero-order valence-electron chi connectivity index (χ0n) is 23.7. The van der Waals surface area contributed by atoms with Crippen molar-refractivity contribution < 1.29 is 46.6 Å². The fourth-order valence-corrected chi connectivity index (χ4v) is 7.71. The summed E-state index contributed by atoms with van der Waals surface area (Å²) in [5, 5.41) is 0. The number of nitrogens with one attached hydrogen (secondary N) is 1. The molecule has 6 heterocycles. The molecule has 1 aromatic carbocycles. The molecule has 0 radical (unpaired) electrons. The topological polar surface area (TPSA) is 155 Å². The third-order valence-corrected chi connectivity index (χ3v) is 9.34. The summed E-state index contributed by atoms with van der Waals surface area (Å²) in [6, 6.07) is 9.22. The van der Waals surface area contributed by atoms with E-state index in [0.29, 0.717) is 5.56 Å². The van der Waals surface area contributed by atoms with Gasteiger partial charge in [-0.15, -0.1) is 0 Å². The quantitative estimate of drug-likeness (QED) is 0.496. The van der Waals surface area contributed by atoms with Gasteiger partial charge in [0.25, 0.3) is 5.56 Å². The predicted molar refractivity (Wildman–Crippen MR) is 141 cm³/mol. The van der Waals surface area contributed by atoms with Gasteiger partial charge in [0.2, 0.25) is 0 Å². The van der Waals surface area contributed by atoms with Crippen LogP contribution >= 0.6 is 7.82 Å². The van der Waals surface area contributed by atoms with Gasteiger partial charge in [-0.2, -0.15) is 0 Å². The van der Waals surface area contributed by atoms with E-state index in [2.05, 4.69) is 4.98 Å². The number of rotatable bonds is 5. The average molecular weight is 609 g/mol.